The number of hydrogen-bond acceptors (Lipinski definition) is 6. The van der Waals surface area contributed by atoms with Crippen molar-refractivity contribution in [2.24, 2.45) is 5.10 Å². The number of ether oxygens (including phenoxy) is 2. The maximum absolute atomic E-state index is 14.1. The highest BCUT2D eigenvalue weighted by molar-refractivity contribution is 9.10. The summed E-state index contributed by atoms with van der Waals surface area (Å²) in [6.07, 6.45) is 1.44. The molecule has 0 saturated heterocycles. The van der Waals surface area contributed by atoms with Gasteiger partial charge in [0, 0.05) is 26.0 Å². The zero-order valence-electron chi connectivity index (χ0n) is 21.8. The van der Waals surface area contributed by atoms with Gasteiger partial charge in [-0.3, -0.25) is 4.79 Å². The Morgan fingerprint density at radius 1 is 1.07 bits per heavy atom. The number of para-hydroxylation sites is 1. The van der Waals surface area contributed by atoms with E-state index >= 15 is 0 Å². The molecule has 11 heteroatoms. The Labute approximate surface area is 256 Å². The summed E-state index contributed by atoms with van der Waals surface area (Å²) in [5, 5.41) is 6.36. The maximum Gasteiger partial charge on any atom is 0.282 e. The van der Waals surface area contributed by atoms with Crippen LogP contribution in [0.5, 0.6) is 11.5 Å². The van der Waals surface area contributed by atoms with Crippen molar-refractivity contribution in [3.8, 4) is 23.1 Å². The molecule has 0 bridgehead atoms. The second-order valence-electron chi connectivity index (χ2n) is 9.11. The fourth-order valence-electron chi connectivity index (χ4n) is 4.38. The van der Waals surface area contributed by atoms with E-state index in [0.29, 0.717) is 48.6 Å². The standard InChI is InChI=1S/C31H19BrCl2FN3O4/c1-40-25-14-19(27(32)28(34)29(25)41-16-17-6-2-4-8-22(17)35)15-36-38-30(37-23-9-5-3-7-21(23)31(38)39)26-13-18-12-20(33)10-11-24(18)42-26/h2-15H,16H2,1H3. The molecule has 42 heavy (non-hydrogen) atoms. The van der Waals surface area contributed by atoms with Gasteiger partial charge in [0.2, 0.25) is 5.82 Å². The maximum atomic E-state index is 14.1. The molecule has 2 heterocycles. The Morgan fingerprint density at radius 2 is 1.86 bits per heavy atom. The first-order valence-corrected chi connectivity index (χ1v) is 14.1. The Kier molecular flexibility index (Phi) is 7.72. The van der Waals surface area contributed by atoms with Gasteiger partial charge in [-0.15, -0.1) is 0 Å². The summed E-state index contributed by atoms with van der Waals surface area (Å²) in [5.74, 6) is 0.644. The molecule has 0 amide bonds. The lowest BCUT2D eigenvalue weighted by atomic mass is 10.2. The third-order valence-electron chi connectivity index (χ3n) is 6.47. The van der Waals surface area contributed by atoms with Crippen molar-refractivity contribution in [1.29, 1.82) is 0 Å². The number of aromatic nitrogens is 2. The second-order valence-corrected chi connectivity index (χ2v) is 10.7. The minimum absolute atomic E-state index is 0.0626. The highest BCUT2D eigenvalue weighted by Gasteiger charge is 2.20. The number of rotatable bonds is 7. The number of hydrogen-bond donors (Lipinski definition) is 0. The van der Waals surface area contributed by atoms with E-state index in [0.717, 1.165) is 10.1 Å². The molecule has 0 aliphatic rings. The van der Waals surface area contributed by atoms with E-state index in [2.05, 4.69) is 21.0 Å². The first kappa shape index (κ1) is 28.0. The third kappa shape index (κ3) is 5.27. The van der Waals surface area contributed by atoms with Crippen molar-refractivity contribution in [2.75, 3.05) is 7.11 Å². The summed E-state index contributed by atoms with van der Waals surface area (Å²) >= 11 is 16.3. The predicted octanol–water partition coefficient (Wildman–Crippen LogP) is 8.49. The Bertz CT molecular complexity index is 2080. The van der Waals surface area contributed by atoms with Gasteiger partial charge in [0.25, 0.3) is 5.56 Å². The minimum Gasteiger partial charge on any atom is -0.493 e. The van der Waals surface area contributed by atoms with Gasteiger partial charge >= 0.3 is 0 Å². The SMILES string of the molecule is COc1cc(C=Nn2c(-c3cc4cc(Cl)ccc4o3)nc3ccccc3c2=O)c(Br)c(Cl)c1OCc1ccccc1F. The van der Waals surface area contributed by atoms with E-state index in [4.69, 9.17) is 42.1 Å². The summed E-state index contributed by atoms with van der Waals surface area (Å²) < 4.78 is 33.1. The van der Waals surface area contributed by atoms with Crippen molar-refractivity contribution in [3.63, 3.8) is 0 Å². The largest absolute Gasteiger partial charge is 0.493 e. The minimum atomic E-state index is -0.399. The summed E-state index contributed by atoms with van der Waals surface area (Å²) in [6.45, 7) is -0.0626. The van der Waals surface area contributed by atoms with E-state index in [1.807, 2.05) is 0 Å². The summed E-state index contributed by atoms with van der Waals surface area (Å²) in [7, 11) is 1.46. The van der Waals surface area contributed by atoms with Crippen LogP contribution in [0.15, 0.2) is 97.6 Å². The fourth-order valence-corrected chi connectivity index (χ4v) is 5.22. The summed E-state index contributed by atoms with van der Waals surface area (Å²) in [5.41, 5.74) is 1.52. The van der Waals surface area contributed by atoms with Crippen LogP contribution in [0.2, 0.25) is 10.0 Å². The molecule has 0 N–H and O–H groups in total. The van der Waals surface area contributed by atoms with Crippen LogP contribution in [0.3, 0.4) is 0 Å². The third-order valence-corrected chi connectivity index (χ3v) is 8.15. The first-order valence-electron chi connectivity index (χ1n) is 12.5. The normalized spacial score (nSPS) is 11.5. The van der Waals surface area contributed by atoms with Crippen molar-refractivity contribution in [3.05, 3.63) is 121 Å². The highest BCUT2D eigenvalue weighted by atomic mass is 79.9. The lowest BCUT2D eigenvalue weighted by molar-refractivity contribution is 0.279. The smallest absolute Gasteiger partial charge is 0.282 e. The number of nitrogens with zero attached hydrogens (tertiary/aromatic N) is 3. The van der Waals surface area contributed by atoms with Crippen LogP contribution in [0.1, 0.15) is 11.1 Å². The van der Waals surface area contributed by atoms with Crippen LogP contribution >= 0.6 is 39.1 Å². The zero-order chi connectivity index (χ0) is 29.4. The van der Waals surface area contributed by atoms with E-state index in [1.54, 1.807) is 72.8 Å². The lowest BCUT2D eigenvalue weighted by Crippen LogP contribution is -2.20. The van der Waals surface area contributed by atoms with Crippen LogP contribution in [0.25, 0.3) is 33.5 Å². The molecule has 0 fully saturated rings. The monoisotopic (exact) mass is 665 g/mol. The van der Waals surface area contributed by atoms with Crippen LogP contribution in [-0.2, 0) is 6.61 Å². The molecule has 0 atom stereocenters. The molecular weight excluding hydrogens is 648 g/mol. The molecule has 210 valence electrons. The molecule has 0 aliphatic heterocycles. The number of halogens is 4. The van der Waals surface area contributed by atoms with Gasteiger partial charge in [0.05, 0.1) is 24.2 Å². The molecule has 6 aromatic rings. The summed E-state index contributed by atoms with van der Waals surface area (Å²) in [4.78, 5) is 18.3. The Hall–Kier alpha value is -4.18. The van der Waals surface area contributed by atoms with Gasteiger partial charge < -0.3 is 13.9 Å². The average molecular weight is 667 g/mol. The van der Waals surface area contributed by atoms with Crippen LogP contribution < -0.4 is 15.0 Å². The number of furan rings is 1. The van der Waals surface area contributed by atoms with Gasteiger partial charge in [-0.25, -0.2) is 9.37 Å². The Balaban J connectivity index is 1.43. The molecule has 0 radical (unpaired) electrons. The molecule has 6 rings (SSSR count). The molecule has 2 aromatic heterocycles. The van der Waals surface area contributed by atoms with Crippen molar-refractivity contribution < 1.29 is 18.3 Å². The number of fused-ring (bicyclic) bond motifs is 2. The van der Waals surface area contributed by atoms with Crippen molar-refractivity contribution in [2.45, 2.75) is 6.61 Å². The molecule has 0 saturated carbocycles. The van der Waals surface area contributed by atoms with Crippen molar-refractivity contribution in [1.82, 2.24) is 9.66 Å². The molecular formula is C31H19BrCl2FN3O4. The van der Waals surface area contributed by atoms with E-state index in [-0.39, 0.29) is 23.2 Å². The Morgan fingerprint density at radius 3 is 2.67 bits per heavy atom. The zero-order valence-corrected chi connectivity index (χ0v) is 24.9. The van der Waals surface area contributed by atoms with E-state index < -0.39 is 11.4 Å². The van der Waals surface area contributed by atoms with Gasteiger partial charge in [0.1, 0.15) is 23.0 Å². The molecule has 0 aliphatic carbocycles. The lowest BCUT2D eigenvalue weighted by Gasteiger charge is -2.15. The van der Waals surface area contributed by atoms with Gasteiger partial charge in [-0.05, 0) is 64.5 Å². The number of methoxy groups -OCH3 is 1. The summed E-state index contributed by atoms with van der Waals surface area (Å²) in [6, 6.07) is 21.9. The van der Waals surface area contributed by atoms with Gasteiger partial charge in [0.15, 0.2) is 17.3 Å². The van der Waals surface area contributed by atoms with Gasteiger partial charge in [-0.2, -0.15) is 9.78 Å². The van der Waals surface area contributed by atoms with E-state index in [9.17, 15) is 9.18 Å². The van der Waals surface area contributed by atoms with Gasteiger partial charge in [-0.1, -0.05) is 53.5 Å². The van der Waals surface area contributed by atoms with Crippen LogP contribution in [-0.4, -0.2) is 23.0 Å². The van der Waals surface area contributed by atoms with Crippen molar-refractivity contribution >= 4 is 67.2 Å². The topological polar surface area (TPSA) is 78.9 Å². The number of benzene rings is 4. The quantitative estimate of drug-likeness (QED) is 0.160. The molecule has 7 nitrogen and oxygen atoms in total. The molecule has 4 aromatic carbocycles. The highest BCUT2D eigenvalue weighted by Crippen LogP contribution is 2.42. The van der Waals surface area contributed by atoms with Crippen LogP contribution in [0, 0.1) is 5.82 Å². The first-order chi connectivity index (χ1) is 20.3. The second kappa shape index (κ2) is 11.6. The average Bonchev–Trinajstić information content (AvgIpc) is 3.42. The van der Waals surface area contributed by atoms with E-state index in [1.165, 1.54) is 19.4 Å². The molecule has 0 spiro atoms. The fraction of sp³-hybridized carbons (Fsp3) is 0.0645. The molecule has 0 unspecified atom stereocenters. The predicted molar refractivity (Wildman–Crippen MR) is 166 cm³/mol. The van der Waals surface area contributed by atoms with Crippen LogP contribution in [0.4, 0.5) is 4.39 Å².